The van der Waals surface area contributed by atoms with Gasteiger partial charge in [0.2, 0.25) is 0 Å². The molecular weight excluding hydrogens is 304 g/mol. The number of carbonyl (C=O) groups is 1. The zero-order valence-electron chi connectivity index (χ0n) is 15.2. The molecule has 0 spiro atoms. The van der Waals surface area contributed by atoms with Crippen LogP contribution < -0.4 is 0 Å². The van der Waals surface area contributed by atoms with Crippen molar-refractivity contribution in [2.45, 2.75) is 27.2 Å². The largest absolute Gasteiger partial charge is 0.298 e. The topological polar surface area (TPSA) is 17.1 Å². The molecule has 0 saturated heterocycles. The number of benzene rings is 2. The molecule has 0 aromatic heterocycles. The average Bonchev–Trinajstić information content (AvgIpc) is 2.60. The normalized spacial score (nSPS) is 27.7. The van der Waals surface area contributed by atoms with Gasteiger partial charge in [0.1, 0.15) is 5.78 Å². The lowest BCUT2D eigenvalue weighted by atomic mass is 9.46. The van der Waals surface area contributed by atoms with Crippen molar-refractivity contribution in [1.82, 2.24) is 0 Å². The van der Waals surface area contributed by atoms with Crippen molar-refractivity contribution in [3.8, 4) is 0 Å². The van der Waals surface area contributed by atoms with Crippen LogP contribution in [0, 0.1) is 16.7 Å². The van der Waals surface area contributed by atoms with Crippen molar-refractivity contribution in [3.05, 3.63) is 83.9 Å². The maximum atomic E-state index is 13.5. The van der Waals surface area contributed by atoms with Gasteiger partial charge in [-0.1, -0.05) is 86.7 Å². The van der Waals surface area contributed by atoms with Crippen molar-refractivity contribution in [2.75, 3.05) is 0 Å². The van der Waals surface area contributed by atoms with Gasteiger partial charge in [-0.3, -0.25) is 4.79 Å². The third-order valence-corrected chi connectivity index (χ3v) is 6.05. The molecule has 0 amide bonds. The van der Waals surface area contributed by atoms with Crippen LogP contribution in [-0.2, 0) is 4.79 Å². The molecule has 0 heterocycles. The van der Waals surface area contributed by atoms with Crippen LogP contribution in [0.3, 0.4) is 0 Å². The van der Waals surface area contributed by atoms with Gasteiger partial charge in [0.15, 0.2) is 0 Å². The molecule has 3 aliphatic carbocycles. The standard InChI is InChI=1S/C24H24O/c1-16-15-24(4)21(18-13-9-6-10-14-18)19(17-11-7-5-8-12-17)20(16)23(2,3)22(24)25/h5-14,20H,1,15H2,2-4H3/t20-,24+/m0/s1. The van der Waals surface area contributed by atoms with E-state index in [0.717, 1.165) is 12.0 Å². The zero-order chi connectivity index (χ0) is 17.8. The molecular formula is C24H24O. The van der Waals surface area contributed by atoms with Gasteiger partial charge in [-0.2, -0.15) is 0 Å². The first-order chi connectivity index (χ1) is 11.9. The van der Waals surface area contributed by atoms with E-state index in [1.165, 1.54) is 22.3 Å². The van der Waals surface area contributed by atoms with Gasteiger partial charge < -0.3 is 0 Å². The second-order valence-corrected chi connectivity index (χ2v) is 8.17. The highest BCUT2D eigenvalue weighted by atomic mass is 16.1. The Hall–Kier alpha value is -2.41. The molecule has 0 N–H and O–H groups in total. The minimum atomic E-state index is -0.512. The Morgan fingerprint density at radius 1 is 0.880 bits per heavy atom. The van der Waals surface area contributed by atoms with E-state index in [4.69, 9.17) is 0 Å². The molecule has 5 rings (SSSR count). The van der Waals surface area contributed by atoms with Crippen LogP contribution in [-0.4, -0.2) is 5.78 Å². The number of carbonyl (C=O) groups excluding carboxylic acids is 1. The summed E-state index contributed by atoms with van der Waals surface area (Å²) in [6.45, 7) is 10.7. The predicted molar refractivity (Wildman–Crippen MR) is 104 cm³/mol. The lowest BCUT2D eigenvalue weighted by molar-refractivity contribution is -0.138. The molecule has 3 aliphatic rings. The highest BCUT2D eigenvalue weighted by molar-refractivity contribution is 6.14. The second-order valence-electron chi connectivity index (χ2n) is 8.17. The number of hydrogen-bond donors (Lipinski definition) is 0. The molecule has 0 radical (unpaired) electrons. The van der Waals surface area contributed by atoms with E-state index >= 15 is 0 Å². The molecule has 126 valence electrons. The number of ketones is 1. The number of rotatable bonds is 2. The Labute approximate surface area is 150 Å². The Morgan fingerprint density at radius 3 is 1.96 bits per heavy atom. The molecule has 0 unspecified atom stereocenters. The monoisotopic (exact) mass is 328 g/mol. The molecule has 2 atom stereocenters. The smallest absolute Gasteiger partial charge is 0.149 e. The van der Waals surface area contributed by atoms with Crippen molar-refractivity contribution in [2.24, 2.45) is 16.7 Å². The van der Waals surface area contributed by atoms with Gasteiger partial charge in [0, 0.05) is 11.3 Å². The zero-order valence-corrected chi connectivity index (χ0v) is 15.2. The average molecular weight is 328 g/mol. The van der Waals surface area contributed by atoms with Crippen LogP contribution in [0.2, 0.25) is 0 Å². The molecule has 1 fully saturated rings. The third kappa shape index (κ3) is 2.12. The Morgan fingerprint density at radius 2 is 1.40 bits per heavy atom. The lowest BCUT2D eigenvalue weighted by Crippen LogP contribution is -2.53. The third-order valence-electron chi connectivity index (χ3n) is 6.05. The fraction of sp³-hybridized carbons (Fsp3) is 0.292. The summed E-state index contributed by atoms with van der Waals surface area (Å²) in [5, 5.41) is 0. The fourth-order valence-corrected chi connectivity index (χ4v) is 5.20. The SMILES string of the molecule is C=C1C[C@@]2(C)C(=O)C(C)(C)[C@@H]1C(c1ccccc1)=C2c1ccccc1. The Kier molecular flexibility index (Phi) is 3.40. The molecule has 2 aromatic carbocycles. The minimum absolute atomic E-state index is 0.0689. The summed E-state index contributed by atoms with van der Waals surface area (Å²) in [4.78, 5) is 13.5. The number of Topliss-reactive ketones (excluding diaryl/α,β-unsaturated/α-hetero) is 1. The number of allylic oxidation sites excluding steroid dienone is 3. The van der Waals surface area contributed by atoms with Gasteiger partial charge in [0.05, 0.1) is 5.41 Å². The predicted octanol–water partition coefficient (Wildman–Crippen LogP) is 5.79. The van der Waals surface area contributed by atoms with Crippen molar-refractivity contribution >= 4 is 16.9 Å². The van der Waals surface area contributed by atoms with Crippen LogP contribution in [0.15, 0.2) is 72.8 Å². The van der Waals surface area contributed by atoms with E-state index in [1.807, 2.05) is 12.1 Å². The first kappa shape index (κ1) is 16.1. The first-order valence-corrected chi connectivity index (χ1v) is 8.95. The maximum Gasteiger partial charge on any atom is 0.149 e. The number of hydrogen-bond acceptors (Lipinski definition) is 1. The summed E-state index contributed by atoms with van der Waals surface area (Å²) >= 11 is 0. The summed E-state index contributed by atoms with van der Waals surface area (Å²) < 4.78 is 0. The van der Waals surface area contributed by atoms with Crippen molar-refractivity contribution in [1.29, 1.82) is 0 Å². The highest BCUT2D eigenvalue weighted by Crippen LogP contribution is 2.65. The van der Waals surface area contributed by atoms with E-state index in [-0.39, 0.29) is 5.92 Å². The lowest BCUT2D eigenvalue weighted by Gasteiger charge is -2.55. The summed E-state index contributed by atoms with van der Waals surface area (Å²) in [6.07, 6.45) is 0.750. The van der Waals surface area contributed by atoms with E-state index in [1.54, 1.807) is 0 Å². The quantitative estimate of drug-likeness (QED) is 0.638. The molecule has 1 nitrogen and oxygen atoms in total. The van der Waals surface area contributed by atoms with Crippen LogP contribution in [0.1, 0.15) is 38.3 Å². The van der Waals surface area contributed by atoms with Gasteiger partial charge in [-0.25, -0.2) is 0 Å². The van der Waals surface area contributed by atoms with Gasteiger partial charge in [0.25, 0.3) is 0 Å². The van der Waals surface area contributed by atoms with Crippen molar-refractivity contribution in [3.63, 3.8) is 0 Å². The van der Waals surface area contributed by atoms with E-state index in [2.05, 4.69) is 75.9 Å². The van der Waals surface area contributed by atoms with Crippen molar-refractivity contribution < 1.29 is 4.79 Å². The van der Waals surface area contributed by atoms with E-state index < -0.39 is 10.8 Å². The molecule has 1 saturated carbocycles. The molecule has 2 bridgehead atoms. The minimum Gasteiger partial charge on any atom is -0.298 e. The van der Waals surface area contributed by atoms with Crippen LogP contribution >= 0.6 is 0 Å². The highest BCUT2D eigenvalue weighted by Gasteiger charge is 2.60. The summed E-state index contributed by atoms with van der Waals surface area (Å²) in [5.74, 6) is 0.412. The van der Waals surface area contributed by atoms with E-state index in [9.17, 15) is 4.79 Å². The Bertz CT molecular complexity index is 886. The first-order valence-electron chi connectivity index (χ1n) is 8.95. The second kappa shape index (κ2) is 5.29. The summed E-state index contributed by atoms with van der Waals surface area (Å²) in [7, 11) is 0. The summed E-state index contributed by atoms with van der Waals surface area (Å²) in [5.41, 5.74) is 5.10. The van der Waals surface area contributed by atoms with Gasteiger partial charge in [-0.05, 0) is 35.6 Å². The number of fused-ring (bicyclic) bond motifs is 2. The summed E-state index contributed by atoms with van der Waals surface area (Å²) in [6, 6.07) is 20.9. The fourth-order valence-electron chi connectivity index (χ4n) is 5.20. The van der Waals surface area contributed by atoms with Gasteiger partial charge in [-0.15, -0.1) is 0 Å². The molecule has 2 aromatic rings. The van der Waals surface area contributed by atoms with Crippen LogP contribution in [0.4, 0.5) is 0 Å². The maximum absolute atomic E-state index is 13.5. The van der Waals surface area contributed by atoms with E-state index in [0.29, 0.717) is 5.78 Å². The van der Waals surface area contributed by atoms with Crippen LogP contribution in [0.25, 0.3) is 11.1 Å². The van der Waals surface area contributed by atoms with Crippen LogP contribution in [0.5, 0.6) is 0 Å². The molecule has 0 aliphatic heterocycles. The Balaban J connectivity index is 2.12. The molecule has 25 heavy (non-hydrogen) atoms. The molecule has 1 heteroatoms. The van der Waals surface area contributed by atoms with Gasteiger partial charge >= 0.3 is 0 Å².